The molecule has 2 fully saturated rings. The lowest BCUT2D eigenvalue weighted by Crippen LogP contribution is -2.42. The second-order valence-electron chi connectivity index (χ2n) is 3.82. The quantitative estimate of drug-likeness (QED) is 0.614. The van der Waals surface area contributed by atoms with Gasteiger partial charge in [-0.05, 0) is 32.2 Å². The molecule has 1 aliphatic carbocycles. The van der Waals surface area contributed by atoms with Crippen molar-refractivity contribution >= 4 is 0 Å². The smallest absolute Gasteiger partial charge is 0.0272 e. The van der Waals surface area contributed by atoms with Crippen molar-refractivity contribution in [3.8, 4) is 0 Å². The van der Waals surface area contributed by atoms with E-state index >= 15 is 0 Å². The highest BCUT2D eigenvalue weighted by Gasteiger charge is 2.34. The third-order valence-electron chi connectivity index (χ3n) is 3.30. The van der Waals surface area contributed by atoms with E-state index in [4.69, 9.17) is 0 Å². The van der Waals surface area contributed by atoms with Crippen LogP contribution in [0.3, 0.4) is 0 Å². The normalized spacial score (nSPS) is 39.0. The maximum atomic E-state index is 3.30. The van der Waals surface area contributed by atoms with Crippen molar-refractivity contribution < 1.29 is 0 Å². The largest absolute Gasteiger partial charge is 0.258 e. The molecule has 0 spiro atoms. The van der Waals surface area contributed by atoms with Crippen molar-refractivity contribution in [2.24, 2.45) is 5.92 Å². The number of hydrazine groups is 1. The van der Waals surface area contributed by atoms with Crippen LogP contribution in [-0.2, 0) is 0 Å². The van der Waals surface area contributed by atoms with Crippen molar-refractivity contribution in [3.63, 3.8) is 0 Å². The first-order chi connectivity index (χ1) is 5.42. The maximum Gasteiger partial charge on any atom is 0.0272 e. The van der Waals surface area contributed by atoms with Gasteiger partial charge in [-0.15, -0.1) is 0 Å². The summed E-state index contributed by atoms with van der Waals surface area (Å²) in [6.07, 6.45) is 7.23. The zero-order valence-electron chi connectivity index (χ0n) is 7.34. The van der Waals surface area contributed by atoms with Gasteiger partial charge in [-0.2, -0.15) is 0 Å². The van der Waals surface area contributed by atoms with Crippen LogP contribution in [-0.4, -0.2) is 24.6 Å². The molecule has 2 atom stereocenters. The minimum atomic E-state index is 0.869. The van der Waals surface area contributed by atoms with Gasteiger partial charge in [0.2, 0.25) is 0 Å². The topological polar surface area (TPSA) is 15.3 Å². The molecule has 1 aliphatic heterocycles. The molecule has 0 aromatic carbocycles. The Morgan fingerprint density at radius 1 is 1.18 bits per heavy atom. The monoisotopic (exact) mass is 154 g/mol. The molecular weight excluding hydrogens is 136 g/mol. The standard InChI is InChI=1S/C9H18N2/c1-10-11-7-6-8-4-2-3-5-9(8)11/h8-10H,2-7H2,1H3. The highest BCUT2D eigenvalue weighted by molar-refractivity contribution is 4.87. The molecule has 0 aromatic rings. The van der Waals surface area contributed by atoms with Crippen molar-refractivity contribution in [2.75, 3.05) is 13.6 Å². The fraction of sp³-hybridized carbons (Fsp3) is 1.00. The van der Waals surface area contributed by atoms with Gasteiger partial charge in [0.15, 0.2) is 0 Å². The molecular formula is C9H18N2. The average molecular weight is 154 g/mol. The fourth-order valence-electron chi connectivity index (χ4n) is 2.68. The lowest BCUT2D eigenvalue weighted by atomic mass is 9.85. The van der Waals surface area contributed by atoms with Gasteiger partial charge in [0, 0.05) is 12.6 Å². The van der Waals surface area contributed by atoms with Gasteiger partial charge in [0.05, 0.1) is 0 Å². The first kappa shape index (κ1) is 7.56. The zero-order chi connectivity index (χ0) is 7.68. The van der Waals surface area contributed by atoms with Crippen molar-refractivity contribution in [1.29, 1.82) is 0 Å². The first-order valence-corrected chi connectivity index (χ1v) is 4.86. The Labute approximate surface area is 68.9 Å². The van der Waals surface area contributed by atoms with E-state index in [-0.39, 0.29) is 0 Å². The predicted molar refractivity (Wildman–Crippen MR) is 46.1 cm³/mol. The molecule has 1 heterocycles. The lowest BCUT2D eigenvalue weighted by Gasteiger charge is -2.30. The van der Waals surface area contributed by atoms with E-state index in [1.165, 1.54) is 38.6 Å². The summed E-state index contributed by atoms with van der Waals surface area (Å²) in [4.78, 5) is 0. The van der Waals surface area contributed by atoms with Crippen LogP contribution in [0.15, 0.2) is 0 Å². The highest BCUT2D eigenvalue weighted by Crippen LogP contribution is 2.34. The molecule has 2 heteroatoms. The fourth-order valence-corrected chi connectivity index (χ4v) is 2.68. The number of nitrogens with zero attached hydrogens (tertiary/aromatic N) is 1. The second kappa shape index (κ2) is 3.11. The average Bonchev–Trinajstić information content (AvgIpc) is 2.47. The maximum absolute atomic E-state index is 3.30. The lowest BCUT2D eigenvalue weighted by molar-refractivity contribution is 0.137. The van der Waals surface area contributed by atoms with Crippen LogP contribution >= 0.6 is 0 Å². The SMILES string of the molecule is CNN1CCC2CCCCC21. The summed E-state index contributed by atoms with van der Waals surface area (Å²) in [7, 11) is 2.05. The van der Waals surface area contributed by atoms with E-state index in [1.54, 1.807) is 0 Å². The highest BCUT2D eigenvalue weighted by atomic mass is 15.5. The Morgan fingerprint density at radius 3 is 2.82 bits per heavy atom. The Hall–Kier alpha value is -0.0800. The minimum absolute atomic E-state index is 0.869. The number of nitrogens with one attached hydrogen (secondary N) is 1. The van der Waals surface area contributed by atoms with Crippen molar-refractivity contribution in [3.05, 3.63) is 0 Å². The minimum Gasteiger partial charge on any atom is -0.258 e. The zero-order valence-corrected chi connectivity index (χ0v) is 7.34. The molecule has 0 radical (unpaired) electrons. The molecule has 1 N–H and O–H groups in total. The molecule has 0 bridgehead atoms. The third-order valence-corrected chi connectivity index (χ3v) is 3.30. The third kappa shape index (κ3) is 1.30. The first-order valence-electron chi connectivity index (χ1n) is 4.86. The number of fused-ring (bicyclic) bond motifs is 1. The van der Waals surface area contributed by atoms with Gasteiger partial charge in [-0.3, -0.25) is 5.43 Å². The number of hydrogen-bond donors (Lipinski definition) is 1. The number of rotatable bonds is 1. The van der Waals surface area contributed by atoms with E-state index in [0.29, 0.717) is 0 Å². The second-order valence-corrected chi connectivity index (χ2v) is 3.82. The van der Waals surface area contributed by atoms with Gasteiger partial charge in [-0.25, -0.2) is 5.01 Å². The molecule has 2 aliphatic rings. The van der Waals surface area contributed by atoms with Crippen LogP contribution in [0.2, 0.25) is 0 Å². The Morgan fingerprint density at radius 2 is 2.00 bits per heavy atom. The Balaban J connectivity index is 1.98. The molecule has 11 heavy (non-hydrogen) atoms. The molecule has 2 rings (SSSR count). The molecule has 1 saturated heterocycles. The summed E-state index contributed by atoms with van der Waals surface area (Å²) < 4.78 is 0. The van der Waals surface area contributed by atoms with Crippen LogP contribution in [0.4, 0.5) is 0 Å². The van der Waals surface area contributed by atoms with Crippen LogP contribution in [0.25, 0.3) is 0 Å². The van der Waals surface area contributed by atoms with E-state index in [9.17, 15) is 0 Å². The van der Waals surface area contributed by atoms with Crippen LogP contribution in [0, 0.1) is 5.92 Å². The van der Waals surface area contributed by atoms with Crippen LogP contribution < -0.4 is 5.43 Å². The van der Waals surface area contributed by atoms with Crippen LogP contribution in [0.1, 0.15) is 32.1 Å². The van der Waals surface area contributed by atoms with Gasteiger partial charge in [0.25, 0.3) is 0 Å². The molecule has 0 aromatic heterocycles. The summed E-state index contributed by atoms with van der Waals surface area (Å²) >= 11 is 0. The van der Waals surface area contributed by atoms with Gasteiger partial charge >= 0.3 is 0 Å². The molecule has 2 unspecified atom stereocenters. The van der Waals surface area contributed by atoms with Crippen LogP contribution in [0.5, 0.6) is 0 Å². The van der Waals surface area contributed by atoms with Crippen molar-refractivity contribution in [2.45, 2.75) is 38.1 Å². The van der Waals surface area contributed by atoms with E-state index in [0.717, 1.165) is 12.0 Å². The summed E-state index contributed by atoms with van der Waals surface area (Å²) in [5, 5.41) is 2.43. The van der Waals surface area contributed by atoms with E-state index in [2.05, 4.69) is 17.5 Å². The number of hydrogen-bond acceptors (Lipinski definition) is 2. The van der Waals surface area contributed by atoms with E-state index < -0.39 is 0 Å². The van der Waals surface area contributed by atoms with Gasteiger partial charge in [-0.1, -0.05) is 12.8 Å². The summed E-state index contributed by atoms with van der Waals surface area (Å²) in [6, 6.07) is 0.869. The molecule has 2 nitrogen and oxygen atoms in total. The Kier molecular flexibility index (Phi) is 2.14. The van der Waals surface area contributed by atoms with E-state index in [1.807, 2.05) is 0 Å². The predicted octanol–water partition coefficient (Wildman–Crippen LogP) is 1.39. The summed E-state index contributed by atoms with van der Waals surface area (Å²) in [5.74, 6) is 1.01. The summed E-state index contributed by atoms with van der Waals surface area (Å²) in [5.41, 5.74) is 3.30. The molecule has 0 amide bonds. The molecule has 64 valence electrons. The summed E-state index contributed by atoms with van der Waals surface area (Å²) in [6.45, 7) is 1.27. The molecule has 1 saturated carbocycles. The Bertz CT molecular complexity index is 130. The van der Waals surface area contributed by atoms with Gasteiger partial charge in [0.1, 0.15) is 0 Å². The van der Waals surface area contributed by atoms with Gasteiger partial charge < -0.3 is 0 Å². The van der Waals surface area contributed by atoms with Crippen molar-refractivity contribution in [1.82, 2.24) is 10.4 Å².